The van der Waals surface area contributed by atoms with E-state index in [-0.39, 0.29) is 12.5 Å². The molecule has 92 valence electrons. The standard InChI is InChI=1S/C11H19NO4/c1-10(5-3-4-6-10)8(13)12-7-11(2,16)9(14)15/h16H,3-7H2,1-2H3,(H,12,13)(H,14,15). The van der Waals surface area contributed by atoms with Crippen LogP contribution in [0.3, 0.4) is 0 Å². The maximum atomic E-state index is 11.8. The summed E-state index contributed by atoms with van der Waals surface area (Å²) in [7, 11) is 0. The Hall–Kier alpha value is -1.10. The van der Waals surface area contributed by atoms with Crippen molar-refractivity contribution in [1.82, 2.24) is 5.32 Å². The summed E-state index contributed by atoms with van der Waals surface area (Å²) in [5.74, 6) is -1.49. The van der Waals surface area contributed by atoms with E-state index in [9.17, 15) is 14.7 Å². The summed E-state index contributed by atoms with van der Waals surface area (Å²) in [6.07, 6.45) is 3.71. The molecule has 16 heavy (non-hydrogen) atoms. The van der Waals surface area contributed by atoms with E-state index < -0.39 is 17.0 Å². The molecule has 1 aliphatic carbocycles. The molecule has 0 heterocycles. The van der Waals surface area contributed by atoms with E-state index in [0.717, 1.165) is 25.7 Å². The molecule has 1 unspecified atom stereocenters. The Kier molecular flexibility index (Phi) is 3.57. The number of hydrogen-bond donors (Lipinski definition) is 3. The molecular formula is C11H19NO4. The quantitative estimate of drug-likeness (QED) is 0.656. The smallest absolute Gasteiger partial charge is 0.337 e. The van der Waals surface area contributed by atoms with Gasteiger partial charge in [0.1, 0.15) is 0 Å². The third kappa shape index (κ3) is 2.72. The predicted octanol–water partition coefficient (Wildman–Crippen LogP) is 0.518. The van der Waals surface area contributed by atoms with Gasteiger partial charge < -0.3 is 15.5 Å². The van der Waals surface area contributed by atoms with E-state index in [1.807, 2.05) is 6.92 Å². The third-order valence-electron chi connectivity index (χ3n) is 3.31. The largest absolute Gasteiger partial charge is 0.479 e. The summed E-state index contributed by atoms with van der Waals surface area (Å²) in [4.78, 5) is 22.5. The summed E-state index contributed by atoms with van der Waals surface area (Å²) in [6, 6.07) is 0. The zero-order chi connectivity index (χ0) is 12.4. The number of carbonyl (C=O) groups excluding carboxylic acids is 1. The lowest BCUT2D eigenvalue weighted by Crippen LogP contribution is -2.49. The topological polar surface area (TPSA) is 86.6 Å². The van der Waals surface area contributed by atoms with Crippen LogP contribution in [0.4, 0.5) is 0 Å². The summed E-state index contributed by atoms with van der Waals surface area (Å²) in [5.41, 5.74) is -2.29. The molecule has 0 aromatic carbocycles. The second-order valence-electron chi connectivity index (χ2n) is 5.03. The Morgan fingerprint density at radius 3 is 2.31 bits per heavy atom. The fourth-order valence-electron chi connectivity index (χ4n) is 1.92. The molecule has 0 aliphatic heterocycles. The van der Waals surface area contributed by atoms with Gasteiger partial charge in [-0.2, -0.15) is 0 Å². The highest BCUT2D eigenvalue weighted by atomic mass is 16.4. The molecule has 0 aromatic heterocycles. The Bertz CT molecular complexity index is 292. The van der Waals surface area contributed by atoms with Crippen LogP contribution in [0.25, 0.3) is 0 Å². The molecule has 0 aromatic rings. The van der Waals surface area contributed by atoms with Gasteiger partial charge in [0.2, 0.25) is 5.91 Å². The van der Waals surface area contributed by atoms with Crippen molar-refractivity contribution in [2.45, 2.75) is 45.1 Å². The van der Waals surface area contributed by atoms with Crippen LogP contribution in [0.2, 0.25) is 0 Å². The lowest BCUT2D eigenvalue weighted by atomic mass is 9.87. The molecule has 1 saturated carbocycles. The lowest BCUT2D eigenvalue weighted by Gasteiger charge is -2.25. The van der Waals surface area contributed by atoms with Gasteiger partial charge in [-0.25, -0.2) is 4.79 Å². The van der Waals surface area contributed by atoms with E-state index in [2.05, 4.69) is 5.32 Å². The average molecular weight is 229 g/mol. The van der Waals surface area contributed by atoms with Crippen LogP contribution in [0.1, 0.15) is 39.5 Å². The molecule has 3 N–H and O–H groups in total. The number of aliphatic hydroxyl groups is 1. The molecule has 0 radical (unpaired) electrons. The first-order valence-corrected chi connectivity index (χ1v) is 5.52. The van der Waals surface area contributed by atoms with Crippen molar-refractivity contribution in [3.05, 3.63) is 0 Å². The highest BCUT2D eigenvalue weighted by Crippen LogP contribution is 2.37. The highest BCUT2D eigenvalue weighted by molar-refractivity contribution is 5.84. The van der Waals surface area contributed by atoms with Crippen molar-refractivity contribution in [3.63, 3.8) is 0 Å². The third-order valence-corrected chi connectivity index (χ3v) is 3.31. The minimum Gasteiger partial charge on any atom is -0.479 e. The van der Waals surface area contributed by atoms with Crippen molar-refractivity contribution in [1.29, 1.82) is 0 Å². The average Bonchev–Trinajstić information content (AvgIpc) is 2.62. The number of amides is 1. The predicted molar refractivity (Wildman–Crippen MR) is 57.8 cm³/mol. The summed E-state index contributed by atoms with van der Waals surface area (Å²) in [5, 5.41) is 20.7. The van der Waals surface area contributed by atoms with Crippen molar-refractivity contribution in [2.24, 2.45) is 5.41 Å². The first-order chi connectivity index (χ1) is 7.28. The molecule has 1 atom stereocenters. The number of carboxylic acid groups (broad SMARTS) is 1. The zero-order valence-electron chi connectivity index (χ0n) is 9.75. The van der Waals surface area contributed by atoms with Gasteiger partial charge in [-0.1, -0.05) is 19.8 Å². The van der Waals surface area contributed by atoms with Gasteiger partial charge in [0.25, 0.3) is 0 Å². The van der Waals surface area contributed by atoms with Crippen molar-refractivity contribution < 1.29 is 19.8 Å². The molecular weight excluding hydrogens is 210 g/mol. The Labute approximate surface area is 94.8 Å². The van der Waals surface area contributed by atoms with E-state index >= 15 is 0 Å². The van der Waals surface area contributed by atoms with Gasteiger partial charge in [-0.15, -0.1) is 0 Å². The van der Waals surface area contributed by atoms with Crippen LogP contribution >= 0.6 is 0 Å². The molecule has 5 heteroatoms. The molecule has 0 bridgehead atoms. The van der Waals surface area contributed by atoms with Gasteiger partial charge in [0.15, 0.2) is 5.60 Å². The van der Waals surface area contributed by atoms with Gasteiger partial charge in [-0.05, 0) is 19.8 Å². The van der Waals surface area contributed by atoms with E-state index in [1.54, 1.807) is 0 Å². The number of carboxylic acids is 1. The van der Waals surface area contributed by atoms with E-state index in [4.69, 9.17) is 5.11 Å². The minimum atomic E-state index is -1.90. The molecule has 1 aliphatic rings. The summed E-state index contributed by atoms with van der Waals surface area (Å²) in [6.45, 7) is 2.80. The van der Waals surface area contributed by atoms with Crippen molar-refractivity contribution in [3.8, 4) is 0 Å². The highest BCUT2D eigenvalue weighted by Gasteiger charge is 2.38. The fourth-order valence-corrected chi connectivity index (χ4v) is 1.92. The number of nitrogens with one attached hydrogen (secondary N) is 1. The lowest BCUT2D eigenvalue weighted by molar-refractivity contribution is -0.156. The summed E-state index contributed by atoms with van der Waals surface area (Å²) < 4.78 is 0. The second-order valence-corrected chi connectivity index (χ2v) is 5.03. The van der Waals surface area contributed by atoms with Gasteiger partial charge in [0, 0.05) is 5.41 Å². The van der Waals surface area contributed by atoms with Gasteiger partial charge >= 0.3 is 5.97 Å². The fraction of sp³-hybridized carbons (Fsp3) is 0.818. The maximum absolute atomic E-state index is 11.8. The number of hydrogen-bond acceptors (Lipinski definition) is 3. The molecule has 1 fully saturated rings. The molecule has 0 spiro atoms. The molecule has 0 saturated heterocycles. The Balaban J connectivity index is 2.50. The first kappa shape index (κ1) is 13.0. The van der Waals surface area contributed by atoms with Crippen LogP contribution < -0.4 is 5.32 Å². The number of rotatable bonds is 4. The van der Waals surface area contributed by atoms with Gasteiger partial charge in [-0.3, -0.25) is 4.79 Å². The van der Waals surface area contributed by atoms with Crippen molar-refractivity contribution in [2.75, 3.05) is 6.54 Å². The van der Waals surface area contributed by atoms with E-state index in [1.165, 1.54) is 6.92 Å². The molecule has 5 nitrogen and oxygen atoms in total. The Morgan fingerprint density at radius 2 is 1.88 bits per heavy atom. The number of carbonyl (C=O) groups is 2. The Morgan fingerprint density at radius 1 is 1.38 bits per heavy atom. The van der Waals surface area contributed by atoms with Crippen LogP contribution in [0.5, 0.6) is 0 Å². The van der Waals surface area contributed by atoms with Crippen molar-refractivity contribution >= 4 is 11.9 Å². The first-order valence-electron chi connectivity index (χ1n) is 5.52. The normalized spacial score (nSPS) is 22.4. The molecule has 1 amide bonds. The maximum Gasteiger partial charge on any atom is 0.337 e. The van der Waals surface area contributed by atoms with Crippen LogP contribution in [0, 0.1) is 5.41 Å². The zero-order valence-corrected chi connectivity index (χ0v) is 9.75. The monoisotopic (exact) mass is 229 g/mol. The molecule has 1 rings (SSSR count). The van der Waals surface area contributed by atoms with Crippen LogP contribution in [0.15, 0.2) is 0 Å². The minimum absolute atomic E-state index is 0.161. The van der Waals surface area contributed by atoms with Crippen LogP contribution in [-0.4, -0.2) is 34.2 Å². The SMILES string of the molecule is CC(O)(CNC(=O)C1(C)CCCC1)C(=O)O. The number of aliphatic carboxylic acids is 1. The van der Waals surface area contributed by atoms with E-state index in [0.29, 0.717) is 0 Å². The summed E-state index contributed by atoms with van der Waals surface area (Å²) >= 11 is 0. The second kappa shape index (κ2) is 4.41. The van der Waals surface area contributed by atoms with Crippen LogP contribution in [-0.2, 0) is 9.59 Å². The van der Waals surface area contributed by atoms with Gasteiger partial charge in [0.05, 0.1) is 6.54 Å².